The highest BCUT2D eigenvalue weighted by molar-refractivity contribution is 5.83. The van der Waals surface area contributed by atoms with E-state index in [9.17, 15) is 19.5 Å². The third-order valence-electron chi connectivity index (χ3n) is 9.08. The number of alkyl carbamates (subject to hydrolysis) is 1. The third kappa shape index (κ3) is 8.62. The van der Waals surface area contributed by atoms with Crippen molar-refractivity contribution in [3.63, 3.8) is 0 Å². The Morgan fingerprint density at radius 3 is 2.58 bits per heavy atom. The van der Waals surface area contributed by atoms with Crippen LogP contribution in [0.3, 0.4) is 0 Å². The Labute approximate surface area is 255 Å². The van der Waals surface area contributed by atoms with Gasteiger partial charge in [0.25, 0.3) is 0 Å². The summed E-state index contributed by atoms with van der Waals surface area (Å²) in [5.74, 6) is -0.0712. The number of rotatable bonds is 12. The van der Waals surface area contributed by atoms with Gasteiger partial charge in [-0.25, -0.2) is 4.79 Å². The number of carbonyl (C=O) groups excluding carboxylic acids is 2. The molecule has 1 heterocycles. The Morgan fingerprint density at radius 2 is 1.79 bits per heavy atom. The lowest BCUT2D eigenvalue weighted by Gasteiger charge is -2.41. The number of H-pyrrole nitrogens is 1. The Morgan fingerprint density at radius 1 is 1.02 bits per heavy atom. The third-order valence-corrected chi connectivity index (χ3v) is 9.08. The number of ether oxygens (including phenoxy) is 1. The summed E-state index contributed by atoms with van der Waals surface area (Å²) >= 11 is 0. The first kappa shape index (κ1) is 32.1. The summed E-state index contributed by atoms with van der Waals surface area (Å²) in [6.45, 7) is 2.59. The molecule has 2 bridgehead atoms. The molecule has 2 aliphatic rings. The molecule has 0 spiro atoms. The molecule has 43 heavy (non-hydrogen) atoms. The first-order valence-electron chi connectivity index (χ1n) is 15.4. The molecule has 8 heteroatoms. The van der Waals surface area contributed by atoms with Gasteiger partial charge in [0.05, 0.1) is 12.0 Å². The van der Waals surface area contributed by atoms with Crippen LogP contribution in [0.5, 0.6) is 0 Å². The molecule has 4 atom stereocenters. The van der Waals surface area contributed by atoms with Crippen LogP contribution in [0.2, 0.25) is 0 Å². The van der Waals surface area contributed by atoms with Crippen LogP contribution in [0.15, 0.2) is 60.8 Å². The zero-order chi connectivity index (χ0) is 29.5. The van der Waals surface area contributed by atoms with Crippen molar-refractivity contribution in [3.05, 3.63) is 79.3 Å². The molecule has 2 fully saturated rings. The first-order chi connectivity index (χ1) is 20.3. The highest BCUT2D eigenvalue weighted by Crippen LogP contribution is 2.41. The monoisotopic (exact) mass is 587 g/mol. The van der Waals surface area contributed by atoms with E-state index in [0.29, 0.717) is 25.3 Å². The van der Waals surface area contributed by atoms with Gasteiger partial charge in [-0.05, 0) is 74.5 Å². The Balaban J connectivity index is 0.00000423. The van der Waals surface area contributed by atoms with Gasteiger partial charge in [0, 0.05) is 36.6 Å². The van der Waals surface area contributed by atoms with Crippen LogP contribution in [-0.2, 0) is 27.2 Å². The minimum atomic E-state index is -1.01. The highest BCUT2D eigenvalue weighted by atomic mass is 16.6. The number of benzene rings is 2. The number of nitrogens with zero attached hydrogens (tertiary/aromatic N) is 1. The lowest BCUT2D eigenvalue weighted by molar-refractivity contribution is -0.141. The van der Waals surface area contributed by atoms with Gasteiger partial charge in [0.1, 0.15) is 6.10 Å². The van der Waals surface area contributed by atoms with Crippen molar-refractivity contribution >= 4 is 28.9 Å². The fraction of sp³-hybridized carbons (Fsp3) is 0.486. The van der Waals surface area contributed by atoms with Gasteiger partial charge in [-0.3, -0.25) is 9.59 Å². The van der Waals surface area contributed by atoms with Gasteiger partial charge in [-0.1, -0.05) is 68.8 Å². The van der Waals surface area contributed by atoms with E-state index in [1.165, 1.54) is 12.8 Å². The molecule has 4 unspecified atom stereocenters. The normalized spacial score (nSPS) is 20.8. The molecule has 2 aliphatic carbocycles. The van der Waals surface area contributed by atoms with Crippen LogP contribution in [0.4, 0.5) is 4.79 Å². The summed E-state index contributed by atoms with van der Waals surface area (Å²) in [5, 5.41) is 13.5. The summed E-state index contributed by atoms with van der Waals surface area (Å²) in [6, 6.07) is 17.9. The van der Waals surface area contributed by atoms with Crippen molar-refractivity contribution < 1.29 is 24.2 Å². The van der Waals surface area contributed by atoms with Gasteiger partial charge in [-0.15, -0.1) is 0 Å². The predicted molar refractivity (Wildman–Crippen MR) is 167 cm³/mol. The number of carboxylic acids is 1. The quantitative estimate of drug-likeness (QED) is 0.226. The highest BCUT2D eigenvalue weighted by Gasteiger charge is 2.38. The second-order valence-corrected chi connectivity index (χ2v) is 12.5. The van der Waals surface area contributed by atoms with Crippen LogP contribution in [0.25, 0.3) is 10.9 Å². The fourth-order valence-electron chi connectivity index (χ4n) is 6.97. The van der Waals surface area contributed by atoms with Gasteiger partial charge in [-0.2, -0.15) is 0 Å². The van der Waals surface area contributed by atoms with E-state index in [2.05, 4.69) is 10.3 Å². The number of nitrogens with one attached hydrogen (secondary N) is 2. The van der Waals surface area contributed by atoms with Gasteiger partial charge >= 0.3 is 12.1 Å². The maximum absolute atomic E-state index is 13.5. The SMILES string of the molecule is CC(Cc1c[nH]c2ccccc12)(CN(CCc1ccccc1)C(=O)CCC(=O)O)NC(=O)OC1CCC2CCCC1C2.[CH2]. The largest absolute Gasteiger partial charge is 0.481 e. The molecule has 2 radical (unpaired) electrons. The Hall–Kier alpha value is -3.81. The number of carboxylic acid groups (broad SMARTS) is 1. The number of fused-ring (bicyclic) bond motifs is 3. The topological polar surface area (TPSA) is 112 Å². The molecule has 5 rings (SSSR count). The molecule has 3 N–H and O–H groups in total. The minimum Gasteiger partial charge on any atom is -0.481 e. The zero-order valence-corrected chi connectivity index (χ0v) is 25.2. The molecule has 8 nitrogen and oxygen atoms in total. The average Bonchev–Trinajstić information content (AvgIpc) is 3.38. The lowest BCUT2D eigenvalue weighted by Crippen LogP contribution is -2.57. The second kappa shape index (κ2) is 14.6. The molecule has 2 amide bonds. The van der Waals surface area contributed by atoms with Crippen molar-refractivity contribution in [1.82, 2.24) is 15.2 Å². The number of aromatic nitrogens is 1. The van der Waals surface area contributed by atoms with E-state index >= 15 is 0 Å². The molecular formula is C35H45N3O5. The van der Waals surface area contributed by atoms with Crippen molar-refractivity contribution in [2.45, 2.75) is 82.8 Å². The summed E-state index contributed by atoms with van der Waals surface area (Å²) in [7, 11) is 0. The molecule has 2 aromatic carbocycles. The van der Waals surface area contributed by atoms with Crippen molar-refractivity contribution in [3.8, 4) is 0 Å². The standard InChI is InChI=1S/C34H43N3O5.CH2/c1-34(21-27-22-35-29-13-6-5-12-28(27)29,36-33(41)42-30-15-14-25-10-7-11-26(30)20-25)23-37(31(38)16-17-32(39)40)19-18-24-8-3-2-4-9-24;/h2-6,8-9,12-13,22,25-26,30,35H,7,10-11,14-21,23H2,1H3,(H,36,41)(H,39,40);1H2. The van der Waals surface area contributed by atoms with Crippen LogP contribution in [0, 0.1) is 19.3 Å². The van der Waals surface area contributed by atoms with Crippen LogP contribution < -0.4 is 5.32 Å². The van der Waals surface area contributed by atoms with E-state index in [0.717, 1.165) is 53.6 Å². The van der Waals surface area contributed by atoms with Gasteiger partial charge < -0.3 is 25.0 Å². The number of para-hydroxylation sites is 1. The predicted octanol–water partition coefficient (Wildman–Crippen LogP) is 6.43. The molecule has 1 aromatic heterocycles. The zero-order valence-electron chi connectivity index (χ0n) is 25.2. The van der Waals surface area contributed by atoms with E-state index < -0.39 is 17.6 Å². The van der Waals surface area contributed by atoms with Crippen LogP contribution in [-0.4, -0.2) is 57.7 Å². The summed E-state index contributed by atoms with van der Waals surface area (Å²) in [4.78, 5) is 43.2. The van der Waals surface area contributed by atoms with Gasteiger partial charge in [0.2, 0.25) is 5.91 Å². The number of amides is 2. The lowest BCUT2D eigenvalue weighted by atomic mass is 9.71. The molecule has 3 aromatic rings. The summed E-state index contributed by atoms with van der Waals surface area (Å²) < 4.78 is 6.09. The number of aliphatic carboxylic acids is 1. The average molecular weight is 588 g/mol. The van der Waals surface area contributed by atoms with Crippen LogP contribution >= 0.6 is 0 Å². The molecule has 230 valence electrons. The molecular weight excluding hydrogens is 542 g/mol. The fourth-order valence-corrected chi connectivity index (χ4v) is 6.97. The summed E-state index contributed by atoms with van der Waals surface area (Å²) in [6.07, 6.45) is 8.92. The smallest absolute Gasteiger partial charge is 0.407 e. The number of aromatic amines is 1. The van der Waals surface area contributed by atoms with Gasteiger partial charge in [0.15, 0.2) is 0 Å². The second-order valence-electron chi connectivity index (χ2n) is 12.5. The molecule has 2 saturated carbocycles. The van der Waals surface area contributed by atoms with Crippen LogP contribution in [0.1, 0.15) is 69.4 Å². The molecule has 0 aliphatic heterocycles. The van der Waals surface area contributed by atoms with Crippen molar-refractivity contribution in [2.75, 3.05) is 13.1 Å². The Kier molecular flexibility index (Phi) is 10.9. The van der Waals surface area contributed by atoms with Crippen molar-refractivity contribution in [2.24, 2.45) is 11.8 Å². The van der Waals surface area contributed by atoms with E-state index in [1.807, 2.05) is 67.7 Å². The Bertz CT molecular complexity index is 1370. The maximum Gasteiger partial charge on any atom is 0.407 e. The first-order valence-corrected chi connectivity index (χ1v) is 15.4. The molecule has 0 saturated heterocycles. The summed E-state index contributed by atoms with van der Waals surface area (Å²) in [5.41, 5.74) is 2.26. The van der Waals surface area contributed by atoms with E-state index in [1.54, 1.807) is 4.90 Å². The van der Waals surface area contributed by atoms with E-state index in [4.69, 9.17) is 4.74 Å². The maximum atomic E-state index is 13.5. The number of carbonyl (C=O) groups is 3. The van der Waals surface area contributed by atoms with E-state index in [-0.39, 0.29) is 38.8 Å². The van der Waals surface area contributed by atoms with Crippen molar-refractivity contribution in [1.29, 1.82) is 0 Å². The number of hydrogen-bond acceptors (Lipinski definition) is 4. The minimum absolute atomic E-state index is 0. The number of hydrogen-bond donors (Lipinski definition) is 3.